The van der Waals surface area contributed by atoms with Crippen LogP contribution >= 0.6 is 0 Å². The van der Waals surface area contributed by atoms with Gasteiger partial charge in [-0.05, 0) is 31.4 Å². The van der Waals surface area contributed by atoms with Gasteiger partial charge in [0.2, 0.25) is 5.91 Å². The summed E-state index contributed by atoms with van der Waals surface area (Å²) in [5.74, 6) is 0.755. The van der Waals surface area contributed by atoms with Crippen LogP contribution in [0.5, 0.6) is 0 Å². The number of hydrogen-bond acceptors (Lipinski definition) is 4. The van der Waals surface area contributed by atoms with Gasteiger partial charge in [0.15, 0.2) is 0 Å². The molecule has 1 aromatic carbocycles. The van der Waals surface area contributed by atoms with Gasteiger partial charge in [0.05, 0.1) is 30.4 Å². The maximum absolute atomic E-state index is 13.1. The highest BCUT2D eigenvalue weighted by Crippen LogP contribution is 2.24. The van der Waals surface area contributed by atoms with Crippen LogP contribution in [-0.4, -0.2) is 37.8 Å². The summed E-state index contributed by atoms with van der Waals surface area (Å²) in [6.07, 6.45) is 0.968. The molecule has 0 saturated carbocycles. The van der Waals surface area contributed by atoms with E-state index in [2.05, 4.69) is 34.1 Å². The lowest BCUT2D eigenvalue weighted by Crippen LogP contribution is -2.47. The quantitative estimate of drug-likeness (QED) is 0.819. The Hall–Kier alpha value is -2.47. The van der Waals surface area contributed by atoms with E-state index in [4.69, 9.17) is 0 Å². The van der Waals surface area contributed by atoms with Crippen LogP contribution in [0.3, 0.4) is 0 Å². The third-order valence-electron chi connectivity index (χ3n) is 5.76. The van der Waals surface area contributed by atoms with Gasteiger partial charge in [-0.15, -0.1) is 0 Å². The van der Waals surface area contributed by atoms with Gasteiger partial charge in [0, 0.05) is 20.1 Å². The molecule has 26 heavy (non-hydrogen) atoms. The fourth-order valence-electron chi connectivity index (χ4n) is 3.95. The predicted octanol–water partition coefficient (Wildman–Crippen LogP) is 1.38. The first kappa shape index (κ1) is 17.0. The van der Waals surface area contributed by atoms with Crippen LogP contribution in [0.15, 0.2) is 29.1 Å². The van der Waals surface area contributed by atoms with E-state index in [1.807, 2.05) is 13.8 Å². The Bertz CT molecular complexity index is 934. The maximum atomic E-state index is 13.1. The van der Waals surface area contributed by atoms with Gasteiger partial charge < -0.3 is 4.90 Å². The fraction of sp³-hybridized carbons (Fsp3) is 0.450. The highest BCUT2D eigenvalue weighted by atomic mass is 16.2. The molecule has 0 bridgehead atoms. The number of benzene rings is 1. The summed E-state index contributed by atoms with van der Waals surface area (Å²) < 4.78 is 1.55. The van der Waals surface area contributed by atoms with Crippen LogP contribution < -0.4 is 5.56 Å². The van der Waals surface area contributed by atoms with Crippen LogP contribution in [0.1, 0.15) is 35.1 Å². The van der Waals surface area contributed by atoms with E-state index in [1.165, 1.54) is 11.1 Å². The normalized spacial score (nSPS) is 17.7. The first-order valence-corrected chi connectivity index (χ1v) is 9.10. The van der Waals surface area contributed by atoms with Gasteiger partial charge in [-0.25, -0.2) is 4.98 Å². The number of fused-ring (bicyclic) bond motifs is 2. The number of amides is 1. The molecule has 1 aromatic heterocycles. The number of aromatic nitrogens is 2. The minimum absolute atomic E-state index is 0.0395. The molecule has 2 aliphatic rings. The van der Waals surface area contributed by atoms with E-state index in [9.17, 15) is 9.59 Å². The fourth-order valence-corrected chi connectivity index (χ4v) is 3.95. The molecular formula is C20H24N4O2. The number of carbonyl (C=O) groups excluding carboxylic acids is 1. The van der Waals surface area contributed by atoms with E-state index in [1.54, 1.807) is 16.5 Å². The van der Waals surface area contributed by atoms with E-state index in [0.29, 0.717) is 24.5 Å². The second-order valence-corrected chi connectivity index (χ2v) is 7.31. The molecule has 0 radical (unpaired) electrons. The van der Waals surface area contributed by atoms with Crippen molar-refractivity contribution in [1.29, 1.82) is 0 Å². The zero-order chi connectivity index (χ0) is 18.4. The van der Waals surface area contributed by atoms with Crippen LogP contribution in [0, 0.1) is 6.92 Å². The molecule has 0 unspecified atom stereocenters. The maximum Gasteiger partial charge on any atom is 0.258 e. The lowest BCUT2D eigenvalue weighted by atomic mass is 9.98. The Morgan fingerprint density at radius 1 is 1.15 bits per heavy atom. The van der Waals surface area contributed by atoms with Crippen molar-refractivity contribution in [2.45, 2.75) is 45.9 Å². The van der Waals surface area contributed by atoms with Crippen molar-refractivity contribution in [3.05, 3.63) is 62.8 Å². The molecule has 4 rings (SSSR count). The van der Waals surface area contributed by atoms with Gasteiger partial charge in [-0.3, -0.25) is 19.1 Å². The molecular weight excluding hydrogens is 328 g/mol. The van der Waals surface area contributed by atoms with Crippen LogP contribution in [0.4, 0.5) is 0 Å². The smallest absolute Gasteiger partial charge is 0.258 e. The topological polar surface area (TPSA) is 58.4 Å². The second-order valence-electron chi connectivity index (χ2n) is 7.31. The average molecular weight is 352 g/mol. The summed E-state index contributed by atoms with van der Waals surface area (Å²) in [5.41, 5.74) is 4.04. The first-order chi connectivity index (χ1) is 12.5. The molecule has 136 valence electrons. The number of hydrogen-bond donors (Lipinski definition) is 0. The third kappa shape index (κ3) is 2.74. The van der Waals surface area contributed by atoms with E-state index in [-0.39, 0.29) is 17.5 Å². The van der Waals surface area contributed by atoms with E-state index in [0.717, 1.165) is 25.2 Å². The second kappa shape index (κ2) is 6.36. The lowest BCUT2D eigenvalue weighted by molar-refractivity contribution is -0.137. The molecule has 2 aromatic rings. The molecule has 1 atom stereocenters. The molecule has 6 heteroatoms. The Morgan fingerprint density at radius 2 is 1.88 bits per heavy atom. The van der Waals surface area contributed by atoms with Gasteiger partial charge in [0.1, 0.15) is 5.82 Å². The third-order valence-corrected chi connectivity index (χ3v) is 5.76. The van der Waals surface area contributed by atoms with E-state index >= 15 is 0 Å². The summed E-state index contributed by atoms with van der Waals surface area (Å²) in [5, 5.41) is 0. The first-order valence-electron chi connectivity index (χ1n) is 9.10. The van der Waals surface area contributed by atoms with Crippen LogP contribution in [-0.2, 0) is 37.9 Å². The highest BCUT2D eigenvalue weighted by Gasteiger charge is 2.33. The Labute approximate surface area is 153 Å². The summed E-state index contributed by atoms with van der Waals surface area (Å²) in [6.45, 7) is 6.26. The number of carbonyl (C=O) groups is 1. The van der Waals surface area contributed by atoms with Gasteiger partial charge in [0.25, 0.3) is 5.56 Å². The summed E-state index contributed by atoms with van der Waals surface area (Å²) >= 11 is 0. The summed E-state index contributed by atoms with van der Waals surface area (Å²) in [7, 11) is 1.73. The molecule has 0 saturated heterocycles. The Balaban J connectivity index is 1.51. The molecule has 0 N–H and O–H groups in total. The van der Waals surface area contributed by atoms with Crippen molar-refractivity contribution in [3.8, 4) is 0 Å². The van der Waals surface area contributed by atoms with Crippen LogP contribution in [0.25, 0.3) is 0 Å². The molecule has 6 nitrogen and oxygen atoms in total. The number of aryl methyl sites for hydroxylation is 1. The van der Waals surface area contributed by atoms with Crippen molar-refractivity contribution >= 4 is 5.91 Å². The molecule has 0 fully saturated rings. The van der Waals surface area contributed by atoms with Crippen LogP contribution in [0.2, 0.25) is 0 Å². The standard InChI is InChI=1S/C20H24N4O2/c1-13(23-9-8-15-6-4-5-7-16(15)10-23)19(25)24-11-17-18(12-24)21-14(2)22(3)20(17)26/h4-7,13H,8-12H2,1-3H3/t13-/m0/s1. The molecule has 3 heterocycles. The monoisotopic (exact) mass is 352 g/mol. The average Bonchev–Trinajstić information content (AvgIpc) is 3.08. The van der Waals surface area contributed by atoms with Crippen molar-refractivity contribution in [2.24, 2.45) is 7.05 Å². The summed E-state index contributed by atoms with van der Waals surface area (Å²) in [4.78, 5) is 34.0. The van der Waals surface area contributed by atoms with Crippen molar-refractivity contribution in [2.75, 3.05) is 6.54 Å². The predicted molar refractivity (Wildman–Crippen MR) is 98.5 cm³/mol. The summed E-state index contributed by atoms with van der Waals surface area (Å²) in [6, 6.07) is 8.22. The van der Waals surface area contributed by atoms with E-state index < -0.39 is 0 Å². The Morgan fingerprint density at radius 3 is 2.65 bits per heavy atom. The molecule has 1 amide bonds. The minimum Gasteiger partial charge on any atom is -0.331 e. The molecule has 2 aliphatic heterocycles. The molecule has 0 spiro atoms. The number of rotatable bonds is 2. The lowest BCUT2D eigenvalue weighted by Gasteiger charge is -2.34. The largest absolute Gasteiger partial charge is 0.331 e. The zero-order valence-corrected chi connectivity index (χ0v) is 15.5. The minimum atomic E-state index is -0.206. The Kier molecular flexibility index (Phi) is 4.15. The van der Waals surface area contributed by atoms with Crippen molar-refractivity contribution in [3.63, 3.8) is 0 Å². The van der Waals surface area contributed by atoms with Gasteiger partial charge in [-0.1, -0.05) is 24.3 Å². The zero-order valence-electron chi connectivity index (χ0n) is 15.5. The SMILES string of the molecule is Cc1nc2c(c(=O)n1C)CN(C(=O)[C@H](C)N1CCc3ccccc3C1)C2. The van der Waals surface area contributed by atoms with Crippen molar-refractivity contribution in [1.82, 2.24) is 19.4 Å². The van der Waals surface area contributed by atoms with Crippen molar-refractivity contribution < 1.29 is 4.79 Å². The number of nitrogens with zero attached hydrogens (tertiary/aromatic N) is 4. The highest BCUT2D eigenvalue weighted by molar-refractivity contribution is 5.82. The molecule has 0 aliphatic carbocycles. The van der Waals surface area contributed by atoms with Gasteiger partial charge >= 0.3 is 0 Å². The van der Waals surface area contributed by atoms with Gasteiger partial charge in [-0.2, -0.15) is 0 Å².